The predicted octanol–water partition coefficient (Wildman–Crippen LogP) is 8.60. The van der Waals surface area contributed by atoms with Crippen molar-refractivity contribution in [1.82, 2.24) is 9.88 Å². The van der Waals surface area contributed by atoms with Gasteiger partial charge in [-0.1, -0.05) is 101 Å². The second-order valence-corrected chi connectivity index (χ2v) is 9.88. The Bertz CT molecular complexity index is 768. The molecule has 180 valence electrons. The number of pyridine rings is 1. The van der Waals surface area contributed by atoms with Gasteiger partial charge in [-0.3, -0.25) is 4.98 Å². The summed E-state index contributed by atoms with van der Waals surface area (Å²) in [5, 5.41) is 13.1. The first kappa shape index (κ1) is 27.4. The summed E-state index contributed by atoms with van der Waals surface area (Å²) in [4.78, 5) is 6.85. The summed E-state index contributed by atoms with van der Waals surface area (Å²) < 4.78 is 0. The summed E-state index contributed by atoms with van der Waals surface area (Å²) in [5.41, 5.74) is 1.56. The van der Waals surface area contributed by atoms with Crippen LogP contribution in [0, 0.1) is 0 Å². The molecule has 5 heteroatoms. The molecule has 1 unspecified atom stereocenters. The lowest BCUT2D eigenvalue weighted by Gasteiger charge is -2.26. The summed E-state index contributed by atoms with van der Waals surface area (Å²) in [5.74, 6) is 0. The summed E-state index contributed by atoms with van der Waals surface area (Å²) in [6.07, 6.45) is 16.6. The number of hydrogen-bond acceptors (Lipinski definition) is 3. The third-order valence-electron chi connectivity index (χ3n) is 6.24. The third kappa shape index (κ3) is 9.55. The first-order valence-electron chi connectivity index (χ1n) is 12.7. The highest BCUT2D eigenvalue weighted by molar-refractivity contribution is 6.38. The van der Waals surface area contributed by atoms with Gasteiger partial charge in [-0.2, -0.15) is 0 Å². The van der Waals surface area contributed by atoms with E-state index >= 15 is 0 Å². The van der Waals surface area contributed by atoms with Crippen molar-refractivity contribution < 1.29 is 5.11 Å². The van der Waals surface area contributed by atoms with Gasteiger partial charge >= 0.3 is 0 Å². The minimum absolute atomic E-state index is 0.526. The van der Waals surface area contributed by atoms with E-state index in [0.717, 1.165) is 24.0 Å². The third-order valence-corrected chi connectivity index (χ3v) is 6.75. The van der Waals surface area contributed by atoms with Gasteiger partial charge in [0.25, 0.3) is 0 Å². The minimum atomic E-state index is -0.588. The van der Waals surface area contributed by atoms with Gasteiger partial charge in [0.15, 0.2) is 0 Å². The Kier molecular flexibility index (Phi) is 13.6. The van der Waals surface area contributed by atoms with Crippen LogP contribution in [0.15, 0.2) is 24.4 Å². The molecule has 1 heterocycles. The van der Waals surface area contributed by atoms with Crippen LogP contribution in [0.25, 0.3) is 10.9 Å². The van der Waals surface area contributed by atoms with Gasteiger partial charge in [-0.25, -0.2) is 0 Å². The van der Waals surface area contributed by atoms with Crippen molar-refractivity contribution >= 4 is 34.1 Å². The van der Waals surface area contributed by atoms with Crippen LogP contribution >= 0.6 is 23.2 Å². The number of aromatic nitrogens is 1. The molecule has 2 rings (SSSR count). The SMILES string of the molecule is CCCCCCCCN(CCCCCCCC)CC(O)c1ccnc2c(Cl)cc(Cl)cc12. The van der Waals surface area contributed by atoms with Crippen LogP contribution in [-0.2, 0) is 0 Å². The van der Waals surface area contributed by atoms with Crippen molar-refractivity contribution in [1.29, 1.82) is 0 Å². The van der Waals surface area contributed by atoms with E-state index in [1.807, 2.05) is 12.1 Å². The second-order valence-electron chi connectivity index (χ2n) is 9.04. The van der Waals surface area contributed by atoms with E-state index in [-0.39, 0.29) is 0 Å². The molecule has 1 atom stereocenters. The lowest BCUT2D eigenvalue weighted by atomic mass is 10.0. The Morgan fingerprint density at radius 3 is 2.00 bits per heavy atom. The van der Waals surface area contributed by atoms with E-state index in [0.29, 0.717) is 22.1 Å². The summed E-state index contributed by atoms with van der Waals surface area (Å²) >= 11 is 12.6. The first-order valence-corrected chi connectivity index (χ1v) is 13.5. The van der Waals surface area contributed by atoms with E-state index in [1.54, 1.807) is 12.3 Å². The number of halogens is 2. The quantitative estimate of drug-likeness (QED) is 0.230. The summed E-state index contributed by atoms with van der Waals surface area (Å²) in [6.45, 7) is 7.23. The average molecular weight is 482 g/mol. The Morgan fingerprint density at radius 2 is 1.41 bits per heavy atom. The van der Waals surface area contributed by atoms with Crippen molar-refractivity contribution in [2.75, 3.05) is 19.6 Å². The van der Waals surface area contributed by atoms with Gasteiger partial charge in [0.1, 0.15) is 0 Å². The molecule has 0 amide bonds. The maximum Gasteiger partial charge on any atom is 0.0924 e. The van der Waals surface area contributed by atoms with E-state index in [2.05, 4.69) is 23.7 Å². The van der Waals surface area contributed by atoms with Crippen LogP contribution in [0.1, 0.15) is 103 Å². The lowest BCUT2D eigenvalue weighted by Crippen LogP contribution is -2.31. The Morgan fingerprint density at radius 1 is 0.844 bits per heavy atom. The number of rotatable bonds is 17. The van der Waals surface area contributed by atoms with Crippen LogP contribution in [0.2, 0.25) is 10.0 Å². The Balaban J connectivity index is 1.99. The zero-order valence-electron chi connectivity index (χ0n) is 20.1. The van der Waals surface area contributed by atoms with Gasteiger partial charge < -0.3 is 10.0 Å². The van der Waals surface area contributed by atoms with E-state index in [4.69, 9.17) is 23.2 Å². The van der Waals surface area contributed by atoms with Crippen molar-refractivity contribution in [3.63, 3.8) is 0 Å². The minimum Gasteiger partial charge on any atom is -0.387 e. The number of nitrogens with zero attached hydrogens (tertiary/aromatic N) is 2. The van der Waals surface area contributed by atoms with Gasteiger partial charge in [-0.15, -0.1) is 0 Å². The van der Waals surface area contributed by atoms with Gasteiger partial charge in [-0.05, 0) is 49.7 Å². The fraction of sp³-hybridized carbons (Fsp3) is 0.667. The molecule has 0 radical (unpaired) electrons. The molecule has 0 spiro atoms. The smallest absolute Gasteiger partial charge is 0.0924 e. The summed E-state index contributed by atoms with van der Waals surface area (Å²) in [6, 6.07) is 5.46. The van der Waals surface area contributed by atoms with Crippen LogP contribution < -0.4 is 0 Å². The van der Waals surface area contributed by atoms with Gasteiger partial charge in [0.2, 0.25) is 0 Å². The van der Waals surface area contributed by atoms with Crippen molar-refractivity contribution in [3.8, 4) is 0 Å². The number of hydrogen-bond donors (Lipinski definition) is 1. The van der Waals surface area contributed by atoms with Crippen molar-refractivity contribution in [3.05, 3.63) is 40.0 Å². The average Bonchev–Trinajstić information content (AvgIpc) is 2.77. The number of benzene rings is 1. The molecule has 0 saturated carbocycles. The molecule has 1 aromatic carbocycles. The molecule has 0 aliphatic carbocycles. The van der Waals surface area contributed by atoms with E-state index in [1.165, 1.54) is 77.0 Å². The fourth-order valence-corrected chi connectivity index (χ4v) is 4.90. The Hall–Kier alpha value is -0.870. The molecule has 0 fully saturated rings. The first-order chi connectivity index (χ1) is 15.6. The van der Waals surface area contributed by atoms with Gasteiger partial charge in [0, 0.05) is 23.2 Å². The molecule has 1 N–H and O–H groups in total. The highest BCUT2D eigenvalue weighted by atomic mass is 35.5. The zero-order chi connectivity index (χ0) is 23.2. The molecule has 1 aromatic heterocycles. The van der Waals surface area contributed by atoms with Gasteiger partial charge in [0.05, 0.1) is 16.6 Å². The number of fused-ring (bicyclic) bond motifs is 1. The number of aliphatic hydroxyl groups excluding tert-OH is 1. The second kappa shape index (κ2) is 15.9. The van der Waals surface area contributed by atoms with E-state index < -0.39 is 6.10 Å². The van der Waals surface area contributed by atoms with Crippen LogP contribution in [0.4, 0.5) is 0 Å². The standard InChI is InChI=1S/C27H42Cl2N2O/c1-3-5-7-9-11-13-17-31(18-14-12-10-8-6-4-2)21-26(32)23-15-16-30-27-24(23)19-22(28)20-25(27)29/h15-16,19-20,26,32H,3-14,17-18,21H2,1-2H3. The number of unbranched alkanes of at least 4 members (excludes halogenated alkanes) is 10. The van der Waals surface area contributed by atoms with E-state index in [9.17, 15) is 5.11 Å². The van der Waals surface area contributed by atoms with Crippen molar-refractivity contribution in [2.24, 2.45) is 0 Å². The van der Waals surface area contributed by atoms with Crippen LogP contribution in [0.3, 0.4) is 0 Å². The van der Waals surface area contributed by atoms with Crippen LogP contribution in [-0.4, -0.2) is 34.6 Å². The zero-order valence-corrected chi connectivity index (χ0v) is 21.6. The predicted molar refractivity (Wildman–Crippen MR) is 140 cm³/mol. The molecule has 0 saturated heterocycles. The molecular formula is C27H42Cl2N2O. The molecule has 0 aliphatic rings. The van der Waals surface area contributed by atoms with Crippen molar-refractivity contribution in [2.45, 2.75) is 97.0 Å². The fourth-order valence-electron chi connectivity index (χ4n) is 4.36. The maximum atomic E-state index is 11.2. The monoisotopic (exact) mass is 480 g/mol. The normalized spacial score (nSPS) is 12.7. The topological polar surface area (TPSA) is 36.4 Å². The number of aliphatic hydroxyl groups is 1. The van der Waals surface area contributed by atoms with Crippen LogP contribution in [0.5, 0.6) is 0 Å². The lowest BCUT2D eigenvalue weighted by molar-refractivity contribution is 0.111. The highest BCUT2D eigenvalue weighted by Gasteiger charge is 2.17. The summed E-state index contributed by atoms with van der Waals surface area (Å²) in [7, 11) is 0. The maximum absolute atomic E-state index is 11.2. The largest absolute Gasteiger partial charge is 0.387 e. The molecule has 32 heavy (non-hydrogen) atoms. The molecular weight excluding hydrogens is 439 g/mol. The highest BCUT2D eigenvalue weighted by Crippen LogP contribution is 2.31. The Labute approximate surface area is 205 Å². The molecule has 2 aromatic rings. The molecule has 0 bridgehead atoms. The molecule has 0 aliphatic heterocycles. The molecule has 3 nitrogen and oxygen atoms in total.